The van der Waals surface area contributed by atoms with Gasteiger partial charge < -0.3 is 5.73 Å². The van der Waals surface area contributed by atoms with Crippen molar-refractivity contribution in [2.45, 2.75) is 0 Å². The molecular weight excluding hydrogens is 323 g/mol. The van der Waals surface area contributed by atoms with Gasteiger partial charge in [0.25, 0.3) is 0 Å². The van der Waals surface area contributed by atoms with Crippen LogP contribution in [0.2, 0.25) is 0 Å². The van der Waals surface area contributed by atoms with Gasteiger partial charge in [0.1, 0.15) is 11.6 Å². The monoisotopic (exact) mass is 332 g/mol. The van der Waals surface area contributed by atoms with Crippen LogP contribution in [0.15, 0.2) is 53.5 Å². The predicted octanol–water partition coefficient (Wildman–Crippen LogP) is 3.42. The Morgan fingerprint density at radius 3 is 2.70 bits per heavy atom. The zero-order chi connectivity index (χ0) is 14.1. The molecule has 0 unspecified atom stereocenters. The van der Waals surface area contributed by atoms with E-state index >= 15 is 0 Å². The number of halogens is 2. The van der Waals surface area contributed by atoms with Crippen molar-refractivity contribution in [1.29, 1.82) is 0 Å². The fraction of sp³-hybridized carbons (Fsp3) is 0. The third kappa shape index (κ3) is 2.30. The highest BCUT2D eigenvalue weighted by Gasteiger charge is 2.10. The number of imidazole rings is 1. The molecule has 0 radical (unpaired) electrons. The van der Waals surface area contributed by atoms with Crippen LogP contribution in [0.4, 0.5) is 10.2 Å². The van der Waals surface area contributed by atoms with E-state index in [0.29, 0.717) is 10.3 Å². The number of pyridine rings is 1. The van der Waals surface area contributed by atoms with E-state index in [9.17, 15) is 4.39 Å². The standard InChI is InChI=1S/C14H10BrFN4/c15-11-5-10(16)2-3-12(11)20-8-18-7-13(20)9-1-4-14(17)19-6-9/h1-8H,(H2,17,19). The minimum absolute atomic E-state index is 0.295. The summed E-state index contributed by atoms with van der Waals surface area (Å²) in [5, 5.41) is 0. The summed E-state index contributed by atoms with van der Waals surface area (Å²) < 4.78 is 15.7. The molecule has 0 amide bonds. The normalized spacial score (nSPS) is 10.7. The minimum Gasteiger partial charge on any atom is -0.384 e. The molecule has 2 aromatic heterocycles. The lowest BCUT2D eigenvalue weighted by molar-refractivity contribution is 0.626. The Hall–Kier alpha value is -2.21. The Balaban J connectivity index is 2.12. The zero-order valence-electron chi connectivity index (χ0n) is 10.3. The molecule has 100 valence electrons. The number of hydrogen-bond donors (Lipinski definition) is 1. The molecule has 4 nitrogen and oxygen atoms in total. The molecule has 0 aliphatic heterocycles. The second-order valence-corrected chi connectivity index (χ2v) is 5.07. The highest BCUT2D eigenvalue weighted by molar-refractivity contribution is 9.10. The second kappa shape index (κ2) is 5.05. The zero-order valence-corrected chi connectivity index (χ0v) is 11.9. The predicted molar refractivity (Wildman–Crippen MR) is 78.9 cm³/mol. The van der Waals surface area contributed by atoms with E-state index in [0.717, 1.165) is 16.9 Å². The maximum Gasteiger partial charge on any atom is 0.124 e. The third-order valence-corrected chi connectivity index (χ3v) is 3.53. The van der Waals surface area contributed by atoms with Crippen molar-refractivity contribution in [1.82, 2.24) is 14.5 Å². The first kappa shape index (κ1) is 12.8. The summed E-state index contributed by atoms with van der Waals surface area (Å²) in [5.41, 5.74) is 8.12. The topological polar surface area (TPSA) is 56.7 Å². The number of anilines is 1. The Bertz CT molecular complexity index is 752. The number of aromatic nitrogens is 3. The van der Waals surface area contributed by atoms with Gasteiger partial charge in [0.05, 0.1) is 23.9 Å². The summed E-state index contributed by atoms with van der Waals surface area (Å²) in [7, 11) is 0. The van der Waals surface area contributed by atoms with Crippen LogP contribution < -0.4 is 5.73 Å². The lowest BCUT2D eigenvalue weighted by Crippen LogP contribution is -1.98. The number of nitrogens with two attached hydrogens (primary N) is 1. The van der Waals surface area contributed by atoms with Crippen LogP contribution in [-0.4, -0.2) is 14.5 Å². The van der Waals surface area contributed by atoms with Crippen molar-refractivity contribution in [3.63, 3.8) is 0 Å². The van der Waals surface area contributed by atoms with E-state index < -0.39 is 0 Å². The summed E-state index contributed by atoms with van der Waals surface area (Å²) >= 11 is 3.36. The quantitative estimate of drug-likeness (QED) is 0.782. The number of benzene rings is 1. The Kier molecular flexibility index (Phi) is 3.23. The van der Waals surface area contributed by atoms with Gasteiger partial charge in [0.15, 0.2) is 0 Å². The first-order valence-corrected chi connectivity index (χ1v) is 6.64. The lowest BCUT2D eigenvalue weighted by atomic mass is 10.2. The van der Waals surface area contributed by atoms with Crippen molar-refractivity contribution < 1.29 is 4.39 Å². The molecule has 2 N–H and O–H groups in total. The maximum absolute atomic E-state index is 13.2. The number of nitrogen functional groups attached to an aromatic ring is 1. The molecule has 3 aromatic rings. The highest BCUT2D eigenvalue weighted by atomic mass is 79.9. The van der Waals surface area contributed by atoms with Gasteiger partial charge in [-0.3, -0.25) is 4.57 Å². The van der Waals surface area contributed by atoms with Crippen molar-refractivity contribution >= 4 is 21.7 Å². The fourth-order valence-corrected chi connectivity index (χ4v) is 2.48. The van der Waals surface area contributed by atoms with E-state index in [1.807, 2.05) is 10.6 Å². The van der Waals surface area contributed by atoms with Crippen LogP contribution in [0, 0.1) is 5.82 Å². The molecular formula is C14H10BrFN4. The van der Waals surface area contributed by atoms with Gasteiger partial charge >= 0.3 is 0 Å². The molecule has 0 saturated carbocycles. The fourth-order valence-electron chi connectivity index (χ4n) is 1.93. The molecule has 0 bridgehead atoms. The van der Waals surface area contributed by atoms with Crippen LogP contribution in [0.3, 0.4) is 0 Å². The van der Waals surface area contributed by atoms with E-state index in [2.05, 4.69) is 25.9 Å². The van der Waals surface area contributed by atoms with Crippen molar-refractivity contribution in [3.8, 4) is 16.9 Å². The van der Waals surface area contributed by atoms with Gasteiger partial charge in [-0.25, -0.2) is 14.4 Å². The number of hydrogen-bond acceptors (Lipinski definition) is 3. The Morgan fingerprint density at radius 2 is 2.00 bits per heavy atom. The molecule has 3 rings (SSSR count). The molecule has 20 heavy (non-hydrogen) atoms. The van der Waals surface area contributed by atoms with Crippen molar-refractivity contribution in [3.05, 3.63) is 59.3 Å². The Morgan fingerprint density at radius 1 is 1.15 bits per heavy atom. The molecule has 0 aliphatic rings. The van der Waals surface area contributed by atoms with Crippen molar-refractivity contribution in [2.24, 2.45) is 0 Å². The average Bonchev–Trinajstić information content (AvgIpc) is 2.88. The van der Waals surface area contributed by atoms with E-state index in [-0.39, 0.29) is 5.82 Å². The van der Waals surface area contributed by atoms with E-state index in [1.165, 1.54) is 12.1 Å². The van der Waals surface area contributed by atoms with Gasteiger partial charge in [-0.2, -0.15) is 0 Å². The molecule has 1 aromatic carbocycles. The smallest absolute Gasteiger partial charge is 0.124 e. The van der Waals surface area contributed by atoms with Gasteiger partial charge in [-0.05, 0) is 46.3 Å². The summed E-state index contributed by atoms with van der Waals surface area (Å²) in [4.78, 5) is 8.22. The van der Waals surface area contributed by atoms with Gasteiger partial charge in [-0.15, -0.1) is 0 Å². The maximum atomic E-state index is 13.2. The van der Waals surface area contributed by atoms with E-state index in [1.54, 1.807) is 30.9 Å². The highest BCUT2D eigenvalue weighted by Crippen LogP contribution is 2.27. The van der Waals surface area contributed by atoms with Gasteiger partial charge in [0.2, 0.25) is 0 Å². The molecule has 2 heterocycles. The molecule has 0 aliphatic carbocycles. The summed E-state index contributed by atoms with van der Waals surface area (Å²) in [5.74, 6) is 0.166. The number of nitrogens with zero attached hydrogens (tertiary/aromatic N) is 3. The second-order valence-electron chi connectivity index (χ2n) is 4.22. The first-order chi connectivity index (χ1) is 9.65. The summed E-state index contributed by atoms with van der Waals surface area (Å²) in [6.45, 7) is 0. The van der Waals surface area contributed by atoms with Crippen LogP contribution in [0.25, 0.3) is 16.9 Å². The summed E-state index contributed by atoms with van der Waals surface area (Å²) in [6, 6.07) is 8.11. The molecule has 6 heteroatoms. The SMILES string of the molecule is Nc1ccc(-c2cncn2-c2ccc(F)cc2Br)cn1. The summed E-state index contributed by atoms with van der Waals surface area (Å²) in [6.07, 6.45) is 5.08. The first-order valence-electron chi connectivity index (χ1n) is 5.85. The van der Waals surface area contributed by atoms with Crippen LogP contribution in [-0.2, 0) is 0 Å². The van der Waals surface area contributed by atoms with Crippen LogP contribution >= 0.6 is 15.9 Å². The average molecular weight is 333 g/mol. The van der Waals surface area contributed by atoms with Gasteiger partial charge in [-0.1, -0.05) is 0 Å². The van der Waals surface area contributed by atoms with Crippen LogP contribution in [0.5, 0.6) is 0 Å². The molecule has 0 atom stereocenters. The minimum atomic E-state index is -0.295. The third-order valence-electron chi connectivity index (χ3n) is 2.89. The van der Waals surface area contributed by atoms with Gasteiger partial charge in [0, 0.05) is 16.2 Å². The Labute approximate surface area is 123 Å². The number of rotatable bonds is 2. The largest absolute Gasteiger partial charge is 0.384 e. The molecule has 0 spiro atoms. The lowest BCUT2D eigenvalue weighted by Gasteiger charge is -2.10. The molecule has 0 fully saturated rings. The van der Waals surface area contributed by atoms with E-state index in [4.69, 9.17) is 5.73 Å². The molecule has 0 saturated heterocycles. The van der Waals surface area contributed by atoms with Crippen LogP contribution in [0.1, 0.15) is 0 Å². The van der Waals surface area contributed by atoms with Crippen molar-refractivity contribution in [2.75, 3.05) is 5.73 Å².